The van der Waals surface area contributed by atoms with Crippen molar-refractivity contribution in [1.82, 2.24) is 0 Å². The number of rotatable bonds is 4. The molecule has 0 saturated carbocycles. The summed E-state index contributed by atoms with van der Waals surface area (Å²) in [6, 6.07) is 4.74. The predicted molar refractivity (Wildman–Crippen MR) is 73.6 cm³/mol. The molecule has 0 aromatic heterocycles. The molecule has 1 aromatic rings. The first-order valence-corrected chi connectivity index (χ1v) is 5.32. The molecule has 5 nitrogen and oxygen atoms in total. The quantitative estimate of drug-likeness (QED) is 0.758. The summed E-state index contributed by atoms with van der Waals surface area (Å²) in [6.07, 6.45) is -0.156. The Hall–Kier alpha value is -1.59. The lowest BCUT2D eigenvalue weighted by Crippen LogP contribution is -2.39. The molecule has 5 N–H and O–H groups in total. The molecule has 0 heterocycles. The topological polar surface area (TPSA) is 98.2 Å². The standard InChI is InChI=1S/C12H17N3O2.ClH/c1-7-3-4-10(8(2)5-7)15-12(17)9(13)6-11(14)16;/h3-5,9H,6,13H2,1-2H3,(H2,14,16)(H,15,17);1H. The van der Waals surface area contributed by atoms with E-state index in [1.165, 1.54) is 0 Å². The van der Waals surface area contributed by atoms with E-state index < -0.39 is 17.9 Å². The summed E-state index contributed by atoms with van der Waals surface area (Å²) >= 11 is 0. The van der Waals surface area contributed by atoms with Crippen LogP contribution < -0.4 is 16.8 Å². The summed E-state index contributed by atoms with van der Waals surface area (Å²) in [6.45, 7) is 3.86. The van der Waals surface area contributed by atoms with Crippen LogP contribution in [0.4, 0.5) is 5.69 Å². The molecule has 0 spiro atoms. The van der Waals surface area contributed by atoms with Crippen LogP contribution in [0.2, 0.25) is 0 Å². The number of benzene rings is 1. The average molecular weight is 272 g/mol. The number of halogens is 1. The fourth-order valence-electron chi connectivity index (χ4n) is 1.49. The van der Waals surface area contributed by atoms with Gasteiger partial charge in [-0.3, -0.25) is 9.59 Å². The molecule has 0 aliphatic heterocycles. The van der Waals surface area contributed by atoms with Crippen LogP contribution in [0.1, 0.15) is 17.5 Å². The Balaban J connectivity index is 0.00000289. The van der Waals surface area contributed by atoms with Crippen molar-refractivity contribution in [3.63, 3.8) is 0 Å². The molecular weight excluding hydrogens is 254 g/mol. The molecule has 0 bridgehead atoms. The molecule has 0 radical (unpaired) electrons. The maximum Gasteiger partial charge on any atom is 0.241 e. The van der Waals surface area contributed by atoms with Crippen molar-refractivity contribution in [3.05, 3.63) is 29.3 Å². The molecule has 0 aliphatic carbocycles. The second kappa shape index (κ2) is 6.98. The Bertz CT molecular complexity index is 449. The van der Waals surface area contributed by atoms with Crippen molar-refractivity contribution in [2.75, 3.05) is 5.32 Å². The van der Waals surface area contributed by atoms with Gasteiger partial charge in [0.2, 0.25) is 11.8 Å². The molecule has 0 fully saturated rings. The smallest absolute Gasteiger partial charge is 0.241 e. The first-order valence-electron chi connectivity index (χ1n) is 5.32. The summed E-state index contributed by atoms with van der Waals surface area (Å²) < 4.78 is 0. The van der Waals surface area contributed by atoms with Gasteiger partial charge in [-0.2, -0.15) is 0 Å². The summed E-state index contributed by atoms with van der Waals surface area (Å²) in [5.41, 5.74) is 13.3. The number of amides is 2. The van der Waals surface area contributed by atoms with Gasteiger partial charge < -0.3 is 16.8 Å². The van der Waals surface area contributed by atoms with Gasteiger partial charge in [0, 0.05) is 5.69 Å². The van der Waals surface area contributed by atoms with Gasteiger partial charge in [0.1, 0.15) is 0 Å². The second-order valence-electron chi connectivity index (χ2n) is 4.08. The molecule has 2 amide bonds. The Labute approximate surface area is 112 Å². The van der Waals surface area contributed by atoms with Crippen LogP contribution in [0.15, 0.2) is 18.2 Å². The van der Waals surface area contributed by atoms with Crippen molar-refractivity contribution in [3.8, 4) is 0 Å². The van der Waals surface area contributed by atoms with Crippen molar-refractivity contribution in [2.24, 2.45) is 11.5 Å². The van der Waals surface area contributed by atoms with Gasteiger partial charge in [0.05, 0.1) is 12.5 Å². The Morgan fingerprint density at radius 3 is 2.44 bits per heavy atom. The number of nitrogens with two attached hydrogens (primary N) is 2. The third kappa shape index (κ3) is 4.73. The van der Waals surface area contributed by atoms with E-state index in [1.807, 2.05) is 26.0 Å². The zero-order chi connectivity index (χ0) is 13.0. The van der Waals surface area contributed by atoms with Gasteiger partial charge in [0.25, 0.3) is 0 Å². The normalized spacial score (nSPS) is 11.3. The first-order chi connectivity index (χ1) is 7.90. The number of nitrogens with one attached hydrogen (secondary N) is 1. The summed E-state index contributed by atoms with van der Waals surface area (Å²) in [4.78, 5) is 22.3. The third-order valence-electron chi connectivity index (χ3n) is 2.40. The van der Waals surface area contributed by atoms with Crippen LogP contribution in [0.25, 0.3) is 0 Å². The summed E-state index contributed by atoms with van der Waals surface area (Å²) in [5, 5.41) is 2.67. The van der Waals surface area contributed by atoms with Crippen molar-refractivity contribution in [2.45, 2.75) is 26.3 Å². The average Bonchev–Trinajstić information content (AvgIpc) is 2.21. The van der Waals surface area contributed by atoms with Crippen molar-refractivity contribution >= 4 is 29.9 Å². The number of primary amides is 1. The lowest BCUT2D eigenvalue weighted by molar-refractivity contribution is -0.123. The molecular formula is C12H18ClN3O2. The largest absolute Gasteiger partial charge is 0.370 e. The van der Waals surface area contributed by atoms with Gasteiger partial charge >= 0.3 is 0 Å². The zero-order valence-electron chi connectivity index (χ0n) is 10.4. The minimum Gasteiger partial charge on any atom is -0.370 e. The van der Waals surface area contributed by atoms with Crippen LogP contribution >= 0.6 is 12.4 Å². The molecule has 1 aromatic carbocycles. The fourth-order valence-corrected chi connectivity index (χ4v) is 1.49. The van der Waals surface area contributed by atoms with E-state index >= 15 is 0 Å². The van der Waals surface area contributed by atoms with E-state index in [9.17, 15) is 9.59 Å². The summed E-state index contributed by atoms with van der Waals surface area (Å²) in [5.74, 6) is -0.996. The fraction of sp³-hybridized carbons (Fsp3) is 0.333. The third-order valence-corrected chi connectivity index (χ3v) is 2.40. The number of carbonyl (C=O) groups is 2. The van der Waals surface area contributed by atoms with Gasteiger partial charge in [-0.25, -0.2) is 0 Å². The van der Waals surface area contributed by atoms with Crippen LogP contribution in [0.5, 0.6) is 0 Å². The minimum absolute atomic E-state index is 0. The van der Waals surface area contributed by atoms with E-state index in [4.69, 9.17) is 11.5 Å². The van der Waals surface area contributed by atoms with E-state index in [0.29, 0.717) is 5.69 Å². The highest BCUT2D eigenvalue weighted by molar-refractivity contribution is 5.97. The van der Waals surface area contributed by atoms with Crippen LogP contribution in [-0.4, -0.2) is 17.9 Å². The Morgan fingerprint density at radius 2 is 1.94 bits per heavy atom. The minimum atomic E-state index is -0.909. The zero-order valence-corrected chi connectivity index (χ0v) is 11.2. The molecule has 1 rings (SSSR count). The van der Waals surface area contributed by atoms with Crippen molar-refractivity contribution < 1.29 is 9.59 Å². The van der Waals surface area contributed by atoms with E-state index in [2.05, 4.69) is 5.32 Å². The lowest BCUT2D eigenvalue weighted by atomic mass is 10.1. The van der Waals surface area contributed by atoms with Gasteiger partial charge in [0.15, 0.2) is 0 Å². The Kier molecular flexibility index (Phi) is 6.36. The van der Waals surface area contributed by atoms with E-state index in [1.54, 1.807) is 6.07 Å². The highest BCUT2D eigenvalue weighted by Gasteiger charge is 2.16. The number of aryl methyl sites for hydroxylation is 2. The van der Waals surface area contributed by atoms with E-state index in [-0.39, 0.29) is 18.8 Å². The highest BCUT2D eigenvalue weighted by Crippen LogP contribution is 2.16. The molecule has 100 valence electrons. The number of anilines is 1. The first kappa shape index (κ1) is 16.4. The maximum absolute atomic E-state index is 11.6. The van der Waals surface area contributed by atoms with Gasteiger partial charge in [-0.1, -0.05) is 17.7 Å². The molecule has 1 unspecified atom stereocenters. The van der Waals surface area contributed by atoms with Crippen molar-refractivity contribution in [1.29, 1.82) is 0 Å². The molecule has 1 atom stereocenters. The van der Waals surface area contributed by atoms with Gasteiger partial charge in [-0.15, -0.1) is 12.4 Å². The highest BCUT2D eigenvalue weighted by atomic mass is 35.5. The summed E-state index contributed by atoms with van der Waals surface area (Å²) in [7, 11) is 0. The number of hydrogen-bond acceptors (Lipinski definition) is 3. The number of hydrogen-bond donors (Lipinski definition) is 3. The molecule has 0 saturated heterocycles. The number of carbonyl (C=O) groups excluding carboxylic acids is 2. The monoisotopic (exact) mass is 271 g/mol. The predicted octanol–water partition coefficient (Wildman–Crippen LogP) is 0.866. The molecule has 0 aliphatic rings. The van der Waals surface area contributed by atoms with Crippen LogP contribution in [-0.2, 0) is 9.59 Å². The van der Waals surface area contributed by atoms with Gasteiger partial charge in [-0.05, 0) is 25.5 Å². The Morgan fingerprint density at radius 1 is 1.33 bits per heavy atom. The van der Waals surface area contributed by atoms with Crippen LogP contribution in [0, 0.1) is 13.8 Å². The van der Waals surface area contributed by atoms with Crippen LogP contribution in [0.3, 0.4) is 0 Å². The van der Waals surface area contributed by atoms with E-state index in [0.717, 1.165) is 11.1 Å². The second-order valence-corrected chi connectivity index (χ2v) is 4.08. The molecule has 18 heavy (non-hydrogen) atoms. The molecule has 6 heteroatoms. The lowest BCUT2D eigenvalue weighted by Gasteiger charge is -2.12. The maximum atomic E-state index is 11.6. The SMILES string of the molecule is Cc1ccc(NC(=O)C(N)CC(N)=O)c(C)c1.Cl.